The Kier molecular flexibility index (Phi) is 14.7. The zero-order valence-corrected chi connectivity index (χ0v) is 32.0. The first-order chi connectivity index (χ1) is 25.0. The van der Waals surface area contributed by atoms with Gasteiger partial charge in [0, 0.05) is 41.0 Å². The van der Waals surface area contributed by atoms with Gasteiger partial charge in [-0.05, 0) is 45.6 Å². The van der Waals surface area contributed by atoms with Crippen LogP contribution in [-0.4, -0.2) is 101 Å². The minimum Gasteiger partial charge on any atom is -0.460 e. The molecule has 0 radical (unpaired) electrons. The number of carbonyl (C=O) groups excluding carboxylic acids is 5. The van der Waals surface area contributed by atoms with Gasteiger partial charge in [-0.2, -0.15) is 0 Å². The molecule has 1 aromatic heterocycles. The SMILES string of the molecule is CO[C@@H](C[C@@H](C)[C@@H](O)/C=C/C=C/CNC(=O)C(C)(C)[C@H](OC(C)=O)\C(C)=C/C=C\C=C\Cc1cnco1)[C@]1(OC(C)=O)[C@@H](C)C(=O)N(C)[C@@]12COC2=O. The maximum absolute atomic E-state index is 13.3. The lowest BCUT2D eigenvalue weighted by molar-refractivity contribution is -0.244. The van der Waals surface area contributed by atoms with Crippen molar-refractivity contribution in [1.82, 2.24) is 15.2 Å². The second-order valence-corrected chi connectivity index (χ2v) is 14.0. The van der Waals surface area contributed by atoms with E-state index in [-0.39, 0.29) is 31.4 Å². The van der Waals surface area contributed by atoms with Crippen molar-refractivity contribution < 1.29 is 52.4 Å². The lowest BCUT2D eigenvalue weighted by atomic mass is 9.67. The Bertz CT molecular complexity index is 1630. The van der Waals surface area contributed by atoms with E-state index >= 15 is 0 Å². The second-order valence-electron chi connectivity index (χ2n) is 14.0. The highest BCUT2D eigenvalue weighted by atomic mass is 16.6. The summed E-state index contributed by atoms with van der Waals surface area (Å²) in [7, 11) is 2.88. The molecule has 2 amide bonds. The summed E-state index contributed by atoms with van der Waals surface area (Å²) in [5, 5.41) is 13.8. The molecular formula is C39H53N3O11. The van der Waals surface area contributed by atoms with Gasteiger partial charge in [0.05, 0.1) is 23.6 Å². The molecule has 0 aliphatic carbocycles. The molecule has 0 bridgehead atoms. The van der Waals surface area contributed by atoms with E-state index in [1.54, 1.807) is 77.3 Å². The van der Waals surface area contributed by atoms with Crippen LogP contribution < -0.4 is 5.32 Å². The molecule has 14 nitrogen and oxygen atoms in total. The van der Waals surface area contributed by atoms with E-state index < -0.39 is 64.6 Å². The molecule has 14 heteroatoms. The number of aromatic nitrogens is 1. The molecule has 3 heterocycles. The number of cyclic esters (lactones) is 1. The van der Waals surface area contributed by atoms with Crippen LogP contribution in [0, 0.1) is 17.3 Å². The molecule has 2 N–H and O–H groups in total. The number of nitrogens with zero attached hydrogens (tertiary/aromatic N) is 2. The third kappa shape index (κ3) is 9.22. The Morgan fingerprint density at radius 1 is 1.11 bits per heavy atom. The molecular weight excluding hydrogens is 686 g/mol. The van der Waals surface area contributed by atoms with Gasteiger partial charge in [0.1, 0.15) is 24.6 Å². The van der Waals surface area contributed by atoms with Crippen LogP contribution in [0.4, 0.5) is 0 Å². The average molecular weight is 740 g/mol. The number of methoxy groups -OCH3 is 1. The smallest absolute Gasteiger partial charge is 0.340 e. The molecule has 1 aromatic rings. The maximum Gasteiger partial charge on any atom is 0.340 e. The third-order valence-corrected chi connectivity index (χ3v) is 9.95. The van der Waals surface area contributed by atoms with Gasteiger partial charge in [-0.1, -0.05) is 61.6 Å². The number of oxazole rings is 1. The van der Waals surface area contributed by atoms with E-state index in [0.717, 1.165) is 5.76 Å². The van der Waals surface area contributed by atoms with Gasteiger partial charge in [0.2, 0.25) is 17.4 Å². The number of aliphatic hydroxyl groups is 1. The fourth-order valence-corrected chi connectivity index (χ4v) is 6.95. The van der Waals surface area contributed by atoms with Gasteiger partial charge < -0.3 is 38.7 Å². The molecule has 7 atom stereocenters. The molecule has 3 rings (SSSR count). The predicted molar refractivity (Wildman–Crippen MR) is 194 cm³/mol. The minimum atomic E-state index is -1.67. The summed E-state index contributed by atoms with van der Waals surface area (Å²) in [5.41, 5.74) is -3.64. The highest BCUT2D eigenvalue weighted by Gasteiger charge is 2.80. The average Bonchev–Trinajstić information content (AvgIpc) is 3.68. The number of esters is 3. The second kappa shape index (κ2) is 18.3. The summed E-state index contributed by atoms with van der Waals surface area (Å²) in [5.74, 6) is -3.23. The van der Waals surface area contributed by atoms with Crippen molar-refractivity contribution in [2.75, 3.05) is 27.3 Å². The van der Waals surface area contributed by atoms with Crippen LogP contribution in [0.15, 0.2) is 77.3 Å². The largest absolute Gasteiger partial charge is 0.460 e. The molecule has 0 unspecified atom stereocenters. The third-order valence-electron chi connectivity index (χ3n) is 9.95. The van der Waals surface area contributed by atoms with E-state index in [9.17, 15) is 29.1 Å². The highest BCUT2D eigenvalue weighted by molar-refractivity contribution is 5.99. The summed E-state index contributed by atoms with van der Waals surface area (Å²) < 4.78 is 27.6. The molecule has 2 saturated heterocycles. The zero-order valence-electron chi connectivity index (χ0n) is 32.0. The first-order valence-electron chi connectivity index (χ1n) is 17.5. The molecule has 2 aliphatic heterocycles. The lowest BCUT2D eigenvalue weighted by Gasteiger charge is -2.53. The van der Waals surface area contributed by atoms with Crippen LogP contribution in [0.1, 0.15) is 60.6 Å². The van der Waals surface area contributed by atoms with Crippen molar-refractivity contribution in [3.63, 3.8) is 0 Å². The van der Waals surface area contributed by atoms with Crippen LogP contribution in [0.5, 0.6) is 0 Å². The standard InChI is InChI=1S/C39H53N3O11/c1-25(17-13-10-11-14-18-30-22-40-24-51-30)33(52-28(4)43)37(6,7)35(47)41-20-16-12-15-19-31(45)26(2)21-32(49-9)39(53-29(5)44)27(3)34(46)42(8)38(39)23-50-36(38)48/h10-17,19,22,24,26-27,31-33,45H,18,20-21,23H2,1-9H3,(H,41,47)/b13-10-,14-11+,16-12+,19-15+,25-17-/t26-,27+,31+,32+,33-,38-,39-/m1/s1. The molecule has 2 fully saturated rings. The van der Waals surface area contributed by atoms with Gasteiger partial charge >= 0.3 is 17.9 Å². The summed E-state index contributed by atoms with van der Waals surface area (Å²) in [6, 6.07) is 0. The number of carbonyl (C=O) groups is 5. The topological polar surface area (TPSA) is 184 Å². The van der Waals surface area contributed by atoms with Crippen molar-refractivity contribution in [2.45, 2.75) is 90.8 Å². The monoisotopic (exact) mass is 739 g/mol. The van der Waals surface area contributed by atoms with Gasteiger partial charge in [-0.3, -0.25) is 19.2 Å². The van der Waals surface area contributed by atoms with Gasteiger partial charge in [-0.25, -0.2) is 9.78 Å². The molecule has 290 valence electrons. The van der Waals surface area contributed by atoms with E-state index in [1.807, 2.05) is 18.2 Å². The Morgan fingerprint density at radius 2 is 1.81 bits per heavy atom. The zero-order chi connectivity index (χ0) is 39.6. The Hall–Kier alpha value is -4.82. The van der Waals surface area contributed by atoms with E-state index in [1.165, 1.54) is 39.3 Å². The number of likely N-dealkylation sites (tertiary alicyclic amines) is 1. The van der Waals surface area contributed by atoms with Crippen LogP contribution in [0.3, 0.4) is 0 Å². The number of likely N-dealkylation sites (N-methyl/N-ethyl adjacent to an activating group) is 1. The van der Waals surface area contributed by atoms with Crippen molar-refractivity contribution in [3.8, 4) is 0 Å². The van der Waals surface area contributed by atoms with Crippen LogP contribution in [-0.2, 0) is 49.3 Å². The Labute approximate surface area is 310 Å². The van der Waals surface area contributed by atoms with E-state index in [0.29, 0.717) is 12.0 Å². The number of rotatable bonds is 18. The number of hydrogen-bond acceptors (Lipinski definition) is 12. The normalized spacial score (nSPS) is 24.5. The molecule has 1 spiro atoms. The van der Waals surface area contributed by atoms with Crippen LogP contribution in [0.25, 0.3) is 0 Å². The number of ether oxygens (including phenoxy) is 4. The number of amides is 2. The number of hydrogen-bond donors (Lipinski definition) is 2. The van der Waals surface area contributed by atoms with Crippen LogP contribution in [0.2, 0.25) is 0 Å². The first kappa shape index (κ1) is 42.6. The summed E-state index contributed by atoms with van der Waals surface area (Å²) >= 11 is 0. The number of allylic oxidation sites excluding steroid dienone is 7. The van der Waals surface area contributed by atoms with E-state index in [2.05, 4.69) is 10.3 Å². The summed E-state index contributed by atoms with van der Waals surface area (Å²) in [6.45, 7) is 11.1. The predicted octanol–water partition coefficient (Wildman–Crippen LogP) is 3.57. The summed E-state index contributed by atoms with van der Waals surface area (Å²) in [6.07, 6.45) is 16.7. The van der Waals surface area contributed by atoms with Crippen molar-refractivity contribution in [1.29, 1.82) is 0 Å². The summed E-state index contributed by atoms with van der Waals surface area (Å²) in [4.78, 5) is 68.9. The van der Waals surface area contributed by atoms with Gasteiger partial charge in [0.15, 0.2) is 12.0 Å². The Morgan fingerprint density at radius 3 is 2.38 bits per heavy atom. The first-order valence-corrected chi connectivity index (χ1v) is 17.5. The molecule has 0 saturated carbocycles. The molecule has 53 heavy (non-hydrogen) atoms. The lowest BCUT2D eigenvalue weighted by Crippen LogP contribution is -2.77. The molecule has 0 aromatic carbocycles. The fourth-order valence-electron chi connectivity index (χ4n) is 6.95. The van der Waals surface area contributed by atoms with Crippen molar-refractivity contribution in [2.24, 2.45) is 17.3 Å². The van der Waals surface area contributed by atoms with Crippen molar-refractivity contribution >= 4 is 29.7 Å². The minimum absolute atomic E-state index is 0.137. The Balaban J connectivity index is 1.60. The quantitative estimate of drug-likeness (QED) is 0.127. The molecule has 2 aliphatic rings. The van der Waals surface area contributed by atoms with Gasteiger partial charge in [0.25, 0.3) is 0 Å². The highest BCUT2D eigenvalue weighted by Crippen LogP contribution is 2.53. The maximum atomic E-state index is 13.3. The fraction of sp³-hybridized carbons (Fsp3) is 0.538. The van der Waals surface area contributed by atoms with E-state index in [4.69, 9.17) is 23.4 Å². The van der Waals surface area contributed by atoms with Crippen molar-refractivity contribution in [3.05, 3.63) is 78.6 Å². The van der Waals surface area contributed by atoms with Crippen LogP contribution >= 0.6 is 0 Å². The number of nitrogens with one attached hydrogen (secondary N) is 1. The van der Waals surface area contributed by atoms with Gasteiger partial charge in [-0.15, -0.1) is 0 Å². The number of aliphatic hydroxyl groups excluding tert-OH is 1.